The predicted molar refractivity (Wildman–Crippen MR) is 113 cm³/mol. The van der Waals surface area contributed by atoms with Crippen LogP contribution in [0.4, 0.5) is 5.00 Å². The maximum absolute atomic E-state index is 12.3. The molecule has 0 saturated heterocycles. The Balaban J connectivity index is 1.59. The number of halogens is 1. The lowest BCUT2D eigenvalue weighted by Gasteiger charge is -2.11. The number of thiophene rings is 1. The molecule has 0 aromatic carbocycles. The second-order valence-corrected chi connectivity index (χ2v) is 8.37. The highest BCUT2D eigenvalue weighted by Gasteiger charge is 2.25. The zero-order valence-corrected chi connectivity index (χ0v) is 17.6. The van der Waals surface area contributed by atoms with Crippen LogP contribution in [0, 0.1) is 0 Å². The fraction of sp³-hybridized carbons (Fsp3) is 0.500. The van der Waals surface area contributed by atoms with Crippen LogP contribution in [0.3, 0.4) is 0 Å². The van der Waals surface area contributed by atoms with Crippen LogP contribution in [0.5, 0.6) is 0 Å². The monoisotopic (exact) mass is 426 g/mol. The van der Waals surface area contributed by atoms with Crippen LogP contribution in [0.2, 0.25) is 5.02 Å². The van der Waals surface area contributed by atoms with Crippen molar-refractivity contribution in [2.75, 3.05) is 19.0 Å². The molecule has 0 saturated carbocycles. The molecular formula is C18H23ClN4O2S2. The molecule has 0 atom stereocenters. The van der Waals surface area contributed by atoms with Crippen molar-refractivity contribution < 1.29 is 9.53 Å². The van der Waals surface area contributed by atoms with E-state index in [0.717, 1.165) is 49.2 Å². The summed E-state index contributed by atoms with van der Waals surface area (Å²) in [7, 11) is 1.42. The minimum Gasteiger partial charge on any atom is -0.465 e. The molecule has 3 rings (SSSR count). The third kappa shape index (κ3) is 5.21. The number of aryl methyl sites for hydroxylation is 2. The molecule has 2 aromatic heterocycles. The standard InChI is InChI=1S/C18H23ClN4O2S2/c1-25-17(24)15-13-6-3-2-4-7-14(13)27-16(15)22-18(26)20-8-5-9-23-11-12(19)10-21-23/h10-11H,2-9H2,1H3,(H2,20,22,26). The van der Waals surface area contributed by atoms with Gasteiger partial charge in [0.25, 0.3) is 0 Å². The molecule has 2 N–H and O–H groups in total. The number of carbonyl (C=O) groups excluding carboxylic acids is 1. The first kappa shape index (κ1) is 20.1. The van der Waals surface area contributed by atoms with Gasteiger partial charge in [0.2, 0.25) is 0 Å². The summed E-state index contributed by atoms with van der Waals surface area (Å²) < 4.78 is 6.81. The summed E-state index contributed by atoms with van der Waals surface area (Å²) in [4.78, 5) is 13.6. The number of carbonyl (C=O) groups is 1. The van der Waals surface area contributed by atoms with Crippen LogP contribution in [0.25, 0.3) is 0 Å². The number of ether oxygens (including phenoxy) is 1. The summed E-state index contributed by atoms with van der Waals surface area (Å²) in [6.07, 6.45) is 9.66. The van der Waals surface area contributed by atoms with Crippen LogP contribution in [0.1, 0.15) is 46.5 Å². The lowest BCUT2D eigenvalue weighted by molar-refractivity contribution is 0.0601. The number of nitrogens with one attached hydrogen (secondary N) is 2. The number of esters is 1. The molecule has 0 aliphatic heterocycles. The summed E-state index contributed by atoms with van der Waals surface area (Å²) in [6.45, 7) is 1.45. The normalized spacial score (nSPS) is 13.6. The lowest BCUT2D eigenvalue weighted by Crippen LogP contribution is -2.30. The van der Waals surface area contributed by atoms with Gasteiger partial charge in [0.05, 0.1) is 23.9 Å². The number of methoxy groups -OCH3 is 1. The summed E-state index contributed by atoms with van der Waals surface area (Å²) in [5.41, 5.74) is 1.78. The van der Waals surface area contributed by atoms with Crippen molar-refractivity contribution in [3.05, 3.63) is 33.4 Å². The highest BCUT2D eigenvalue weighted by atomic mass is 35.5. The van der Waals surface area contributed by atoms with Gasteiger partial charge in [0, 0.05) is 24.2 Å². The van der Waals surface area contributed by atoms with E-state index in [1.807, 2.05) is 0 Å². The van der Waals surface area contributed by atoms with E-state index in [2.05, 4.69) is 15.7 Å². The first-order valence-electron chi connectivity index (χ1n) is 9.04. The Bertz CT molecular complexity index is 818. The first-order valence-corrected chi connectivity index (χ1v) is 10.6. The van der Waals surface area contributed by atoms with Crippen molar-refractivity contribution in [2.45, 2.75) is 45.1 Å². The maximum Gasteiger partial charge on any atom is 0.341 e. The fourth-order valence-electron chi connectivity index (χ4n) is 3.20. The SMILES string of the molecule is COC(=O)c1c(NC(=S)NCCCn2cc(Cl)cn2)sc2c1CCCCC2. The molecule has 0 spiro atoms. The van der Waals surface area contributed by atoms with Crippen molar-refractivity contribution in [3.8, 4) is 0 Å². The predicted octanol–water partition coefficient (Wildman–Crippen LogP) is 4.03. The molecule has 27 heavy (non-hydrogen) atoms. The number of aromatic nitrogens is 2. The zero-order valence-electron chi connectivity index (χ0n) is 15.2. The summed E-state index contributed by atoms with van der Waals surface area (Å²) >= 11 is 12.9. The van der Waals surface area contributed by atoms with Gasteiger partial charge in [-0.15, -0.1) is 11.3 Å². The zero-order chi connectivity index (χ0) is 19.2. The Labute approximate surface area is 173 Å². The van der Waals surface area contributed by atoms with Gasteiger partial charge in [0.1, 0.15) is 5.00 Å². The van der Waals surface area contributed by atoms with Gasteiger partial charge in [-0.05, 0) is 49.9 Å². The maximum atomic E-state index is 12.3. The summed E-state index contributed by atoms with van der Waals surface area (Å²) in [5.74, 6) is -0.296. The van der Waals surface area contributed by atoms with Crippen LogP contribution < -0.4 is 10.6 Å². The number of thiocarbonyl (C=S) groups is 1. The van der Waals surface area contributed by atoms with Crippen LogP contribution >= 0.6 is 35.2 Å². The Morgan fingerprint density at radius 3 is 2.96 bits per heavy atom. The Hall–Kier alpha value is -1.64. The summed E-state index contributed by atoms with van der Waals surface area (Å²) in [6, 6.07) is 0. The topological polar surface area (TPSA) is 68.2 Å². The van der Waals surface area contributed by atoms with E-state index in [4.69, 9.17) is 28.6 Å². The van der Waals surface area contributed by atoms with Crippen LogP contribution in [-0.2, 0) is 24.1 Å². The molecule has 0 amide bonds. The van der Waals surface area contributed by atoms with Crippen molar-refractivity contribution in [2.24, 2.45) is 0 Å². The number of hydrogen-bond donors (Lipinski definition) is 2. The Morgan fingerprint density at radius 2 is 2.22 bits per heavy atom. The quantitative estimate of drug-likeness (QED) is 0.314. The van der Waals surface area contributed by atoms with Gasteiger partial charge in [-0.25, -0.2) is 4.79 Å². The second kappa shape index (κ2) is 9.52. The molecule has 1 aliphatic rings. The molecule has 0 radical (unpaired) electrons. The Kier molecular flexibility index (Phi) is 7.09. The molecule has 1 aliphatic carbocycles. The van der Waals surface area contributed by atoms with Gasteiger partial charge in [-0.3, -0.25) is 4.68 Å². The van der Waals surface area contributed by atoms with Crippen LogP contribution in [-0.4, -0.2) is 34.5 Å². The highest BCUT2D eigenvalue weighted by molar-refractivity contribution is 7.80. The van der Waals surface area contributed by atoms with Gasteiger partial charge in [0.15, 0.2) is 5.11 Å². The molecule has 0 unspecified atom stereocenters. The number of hydrogen-bond acceptors (Lipinski definition) is 5. The van der Waals surface area contributed by atoms with E-state index in [0.29, 0.717) is 22.2 Å². The molecule has 6 nitrogen and oxygen atoms in total. The van der Waals surface area contributed by atoms with E-state index >= 15 is 0 Å². The molecule has 146 valence electrons. The van der Waals surface area contributed by atoms with E-state index in [9.17, 15) is 4.79 Å². The van der Waals surface area contributed by atoms with Crippen LogP contribution in [0.15, 0.2) is 12.4 Å². The molecule has 2 aromatic rings. The molecule has 9 heteroatoms. The number of rotatable bonds is 6. The van der Waals surface area contributed by atoms with Gasteiger partial charge < -0.3 is 15.4 Å². The molecule has 0 fully saturated rings. The van der Waals surface area contributed by atoms with Gasteiger partial charge in [-0.1, -0.05) is 18.0 Å². The number of fused-ring (bicyclic) bond motifs is 1. The third-order valence-corrected chi connectivity index (χ3v) is 6.14. The third-order valence-electron chi connectivity index (χ3n) is 4.49. The largest absolute Gasteiger partial charge is 0.465 e. The van der Waals surface area contributed by atoms with E-state index in [-0.39, 0.29) is 5.97 Å². The van der Waals surface area contributed by atoms with Crippen molar-refractivity contribution in [1.29, 1.82) is 0 Å². The first-order chi connectivity index (χ1) is 13.1. The highest BCUT2D eigenvalue weighted by Crippen LogP contribution is 2.37. The molecular weight excluding hydrogens is 404 g/mol. The smallest absolute Gasteiger partial charge is 0.341 e. The minimum absolute atomic E-state index is 0.296. The van der Waals surface area contributed by atoms with E-state index < -0.39 is 0 Å². The summed E-state index contributed by atoms with van der Waals surface area (Å²) in [5, 5.41) is 12.5. The number of anilines is 1. The average Bonchev–Trinajstić information content (AvgIpc) is 3.13. The number of nitrogens with zero attached hydrogens (tertiary/aromatic N) is 2. The van der Waals surface area contributed by atoms with Crippen molar-refractivity contribution in [3.63, 3.8) is 0 Å². The van der Waals surface area contributed by atoms with E-state index in [1.165, 1.54) is 18.4 Å². The second-order valence-electron chi connectivity index (χ2n) is 6.42. The van der Waals surface area contributed by atoms with Gasteiger partial charge >= 0.3 is 5.97 Å². The van der Waals surface area contributed by atoms with Gasteiger partial charge in [-0.2, -0.15) is 5.10 Å². The fourth-order valence-corrected chi connectivity index (χ4v) is 4.91. The van der Waals surface area contributed by atoms with Crippen molar-refractivity contribution in [1.82, 2.24) is 15.1 Å². The van der Waals surface area contributed by atoms with E-state index in [1.54, 1.807) is 28.4 Å². The molecule has 2 heterocycles. The Morgan fingerprint density at radius 1 is 1.41 bits per heavy atom. The minimum atomic E-state index is -0.296. The average molecular weight is 427 g/mol. The molecule has 0 bridgehead atoms. The lowest BCUT2D eigenvalue weighted by atomic mass is 10.1. The van der Waals surface area contributed by atoms with Crippen molar-refractivity contribution >= 4 is 51.2 Å².